The summed E-state index contributed by atoms with van der Waals surface area (Å²) >= 11 is 0. The number of aliphatic hydroxyl groups excluding tert-OH is 3. The number of nitrogens with two attached hydrogens (primary N) is 1. The van der Waals surface area contributed by atoms with Gasteiger partial charge < -0.3 is 69.8 Å². The molecule has 26 heteroatoms. The summed E-state index contributed by atoms with van der Waals surface area (Å²) in [5.41, 5.74) is 2.49. The summed E-state index contributed by atoms with van der Waals surface area (Å²) in [7, 11) is -13.9. The Morgan fingerprint density at radius 1 is 0.917 bits per heavy atom. The van der Waals surface area contributed by atoms with Crippen molar-refractivity contribution in [3.8, 4) is 0 Å². The zero-order valence-corrected chi connectivity index (χ0v) is 19.6. The molecule has 0 amide bonds. The van der Waals surface area contributed by atoms with Gasteiger partial charge in [0.25, 0.3) is 0 Å². The molecule has 0 saturated carbocycles. The zero-order valence-electron chi connectivity index (χ0n) is 16.9. The fourth-order valence-corrected chi connectivity index (χ4v) is 1.99. The zero-order chi connectivity index (χ0) is 29.4. The van der Waals surface area contributed by atoms with E-state index in [-0.39, 0.29) is 0 Å². The Morgan fingerprint density at radius 3 is 1.56 bits per heavy atom. The summed E-state index contributed by atoms with van der Waals surface area (Å²) < 4.78 is 70.2. The molecule has 2 rings (SSSR count). The van der Waals surface area contributed by atoms with Crippen LogP contribution in [0, 0.1) is 0 Å². The van der Waals surface area contributed by atoms with Gasteiger partial charge in [-0.15, -0.1) is 0 Å². The van der Waals surface area contributed by atoms with E-state index in [4.69, 9.17) is 73.3 Å². The maximum Gasteiger partial charge on any atom is 0.466 e. The molecular weight excluding hydrogens is 584 g/mol. The van der Waals surface area contributed by atoms with E-state index >= 15 is 0 Å². The highest BCUT2D eigenvalue weighted by Crippen LogP contribution is 2.34. The van der Waals surface area contributed by atoms with Gasteiger partial charge in [-0.1, -0.05) is 0 Å². The first kappa shape index (κ1) is 36.8. The van der Waals surface area contributed by atoms with Crippen LogP contribution in [0.3, 0.4) is 0 Å². The summed E-state index contributed by atoms with van der Waals surface area (Å²) in [6.07, 6.45) is -10.6. The predicted molar refractivity (Wildman–Crippen MR) is 104 cm³/mol. The van der Waals surface area contributed by atoms with Gasteiger partial charge in [0.05, 0.1) is 6.61 Å². The van der Waals surface area contributed by atoms with Gasteiger partial charge in [-0.3, -0.25) is 4.57 Å². The third kappa shape index (κ3) is 18.0. The lowest BCUT2D eigenvalue weighted by Crippen LogP contribution is -2.37. The average molecular weight is 605 g/mol. The first-order chi connectivity index (χ1) is 15.7. The number of aliphatic hydroxyl groups is 3. The van der Waals surface area contributed by atoms with Crippen LogP contribution in [-0.4, -0.2) is 93.8 Å². The highest BCUT2D eigenvalue weighted by atomic mass is 31.2. The van der Waals surface area contributed by atoms with Crippen molar-refractivity contribution in [3.05, 3.63) is 22.2 Å². The number of halogens is 3. The van der Waals surface area contributed by atoms with E-state index in [1.165, 1.54) is 0 Å². The summed E-state index contributed by atoms with van der Waals surface area (Å²) in [5.74, 6) is -1.00. The molecule has 1 saturated heterocycles. The lowest BCUT2D eigenvalue weighted by atomic mass is 10.1. The quantitative estimate of drug-likeness (QED) is 0.142. The van der Waals surface area contributed by atoms with Crippen molar-refractivity contribution in [2.45, 2.75) is 30.7 Å². The third-order valence-corrected chi connectivity index (χ3v) is 3.08. The van der Waals surface area contributed by atoms with Crippen molar-refractivity contribution in [1.82, 2.24) is 9.55 Å². The second-order valence-corrected chi connectivity index (χ2v) is 9.08. The Bertz CT molecular complexity index is 963. The average Bonchev–Trinajstić information content (AvgIpc) is 2.84. The van der Waals surface area contributed by atoms with E-state index in [2.05, 4.69) is 4.98 Å². The first-order valence-electron chi connectivity index (χ1n) is 8.10. The number of anilines is 1. The monoisotopic (exact) mass is 605 g/mol. The van der Waals surface area contributed by atoms with E-state index in [0.29, 0.717) is 10.8 Å². The maximum atomic E-state index is 12.7. The molecular formula is C10H21F3N3O17P3. The molecule has 14 N–H and O–H groups in total. The molecule has 1 aromatic heterocycles. The number of ether oxygens (including phenoxy) is 1. The number of aromatic nitrogens is 2. The van der Waals surface area contributed by atoms with Crippen molar-refractivity contribution in [2.24, 2.45) is 0 Å². The van der Waals surface area contributed by atoms with E-state index in [1.54, 1.807) is 0 Å². The van der Waals surface area contributed by atoms with Gasteiger partial charge in [0, 0.05) is 6.20 Å². The summed E-state index contributed by atoms with van der Waals surface area (Å²) in [4.78, 5) is 79.3. The molecule has 0 unspecified atom stereocenters. The van der Waals surface area contributed by atoms with Gasteiger partial charge in [0.15, 0.2) is 6.23 Å². The van der Waals surface area contributed by atoms with E-state index in [1.807, 2.05) is 0 Å². The molecule has 20 nitrogen and oxygen atoms in total. The minimum absolute atomic E-state index is 0.352. The lowest BCUT2D eigenvalue weighted by molar-refractivity contribution is -0.138. The topological polar surface area (TPSA) is 364 Å². The lowest BCUT2D eigenvalue weighted by Gasteiger charge is -2.19. The second kappa shape index (κ2) is 14.0. The number of nitrogens with zero attached hydrogens (tertiary/aromatic N) is 2. The molecule has 214 valence electrons. The van der Waals surface area contributed by atoms with E-state index in [0.717, 1.165) is 0 Å². The van der Waals surface area contributed by atoms with Gasteiger partial charge in [-0.05, 0) is 0 Å². The molecule has 0 aliphatic carbocycles. The Balaban J connectivity index is 0. The second-order valence-electron chi connectivity index (χ2n) is 6.00. The van der Waals surface area contributed by atoms with Gasteiger partial charge in [-0.2, -0.15) is 18.2 Å². The number of nitrogen functional groups attached to an aromatic ring is 1. The highest BCUT2D eigenvalue weighted by molar-refractivity contribution is 7.45. The van der Waals surface area contributed by atoms with Gasteiger partial charge in [0.1, 0.15) is 29.7 Å². The first-order valence-corrected chi connectivity index (χ1v) is 12.8. The molecule has 1 fully saturated rings. The third-order valence-electron chi connectivity index (χ3n) is 3.08. The molecule has 0 bridgehead atoms. The summed E-state index contributed by atoms with van der Waals surface area (Å²) in [6, 6.07) is 0. The van der Waals surface area contributed by atoms with Crippen molar-refractivity contribution >= 4 is 29.3 Å². The SMILES string of the molecule is Nc1nc(=O)n([C@@H]2O[C@H](CO)[C@@H](O)[C@H]2O)cc1C(F)(F)F.O=P(O)(O)O.O=P(O)(O)O.O=P(O)(O)O. The molecule has 36 heavy (non-hydrogen) atoms. The van der Waals surface area contributed by atoms with Crippen LogP contribution in [0.25, 0.3) is 0 Å². The molecule has 0 spiro atoms. The van der Waals surface area contributed by atoms with Crippen LogP contribution in [0.15, 0.2) is 11.0 Å². The van der Waals surface area contributed by atoms with Gasteiger partial charge in [-0.25, -0.2) is 18.5 Å². The van der Waals surface area contributed by atoms with E-state index < -0.39 is 77.9 Å². The van der Waals surface area contributed by atoms with E-state index in [9.17, 15) is 28.2 Å². The van der Waals surface area contributed by atoms with Gasteiger partial charge >= 0.3 is 35.3 Å². The normalized spacial score (nSPS) is 22.3. The molecule has 4 atom stereocenters. The summed E-state index contributed by atoms with van der Waals surface area (Å²) in [6.45, 7) is -0.683. The van der Waals surface area contributed by atoms with Crippen molar-refractivity contribution in [3.63, 3.8) is 0 Å². The number of hydrogen-bond donors (Lipinski definition) is 13. The Morgan fingerprint density at radius 2 is 1.28 bits per heavy atom. The fraction of sp³-hybridized carbons (Fsp3) is 0.600. The highest BCUT2D eigenvalue weighted by Gasteiger charge is 2.45. The molecule has 0 aromatic carbocycles. The van der Waals surface area contributed by atoms with Crippen molar-refractivity contribution in [2.75, 3.05) is 12.3 Å². The largest absolute Gasteiger partial charge is 0.466 e. The van der Waals surface area contributed by atoms with Crippen LogP contribution >= 0.6 is 23.5 Å². The molecule has 1 aromatic rings. The Hall–Kier alpha value is -1.36. The number of phosphoric acid groups is 3. The maximum absolute atomic E-state index is 12.7. The van der Waals surface area contributed by atoms with Crippen LogP contribution in [0.2, 0.25) is 0 Å². The Kier molecular flexibility index (Phi) is 14.3. The van der Waals surface area contributed by atoms with Crippen LogP contribution in [-0.2, 0) is 24.6 Å². The van der Waals surface area contributed by atoms with Gasteiger partial charge in [0.2, 0.25) is 0 Å². The molecule has 1 aliphatic rings. The molecule has 2 heterocycles. The van der Waals surface area contributed by atoms with Crippen LogP contribution in [0.5, 0.6) is 0 Å². The predicted octanol–water partition coefficient (Wildman–Crippen LogP) is -4.33. The fourth-order valence-electron chi connectivity index (χ4n) is 1.99. The van der Waals surface area contributed by atoms with Crippen LogP contribution in [0.1, 0.15) is 11.8 Å². The molecule has 1 aliphatic heterocycles. The minimum atomic E-state index is -4.86. The van der Waals surface area contributed by atoms with Crippen molar-refractivity contribution in [1.29, 1.82) is 0 Å². The number of alkyl halides is 3. The number of rotatable bonds is 2. The van der Waals surface area contributed by atoms with Crippen molar-refractivity contribution < 1.29 is 91.0 Å². The smallest absolute Gasteiger partial charge is 0.394 e. The number of hydrogen-bond acceptors (Lipinski definition) is 10. The molecule has 0 radical (unpaired) electrons. The Labute approximate surface area is 196 Å². The summed E-state index contributed by atoms with van der Waals surface area (Å²) in [5, 5.41) is 28.2. The van der Waals surface area contributed by atoms with Crippen LogP contribution < -0.4 is 11.4 Å². The minimum Gasteiger partial charge on any atom is -0.394 e. The standard InChI is InChI=1S/C10H12F3N3O5.3H3O4P/c11-10(12,13)3-1-16(9(20)15-7(3)14)8-6(19)5(18)4(2-17)21-8;3*1-5(2,3)4/h1,4-6,8,17-19H,2H2,(H2,14,15,20);3*(H3,1,2,3,4)/t4-,5-,6-,8-;;;/m1.../s1. The van der Waals surface area contributed by atoms with Crippen LogP contribution in [0.4, 0.5) is 19.0 Å².